The first-order chi connectivity index (χ1) is 7.60. The van der Waals surface area contributed by atoms with Gasteiger partial charge < -0.3 is 15.7 Å². The summed E-state index contributed by atoms with van der Waals surface area (Å²) >= 11 is 1.48. The van der Waals surface area contributed by atoms with Gasteiger partial charge in [-0.3, -0.25) is 4.79 Å². The molecule has 16 heavy (non-hydrogen) atoms. The fourth-order valence-electron chi connectivity index (χ4n) is 1.65. The van der Waals surface area contributed by atoms with E-state index in [0.29, 0.717) is 24.6 Å². The zero-order valence-corrected chi connectivity index (χ0v) is 10.2. The number of carbonyl (C=O) groups excluding carboxylic acids is 1. The van der Waals surface area contributed by atoms with Gasteiger partial charge in [-0.15, -0.1) is 11.8 Å². The van der Waals surface area contributed by atoms with Gasteiger partial charge in [0, 0.05) is 12.2 Å². The molecule has 92 valence electrons. The standard InChI is InChI=1S/C10H18N2O3S/c1-2-7(4-11)3-9(13)12-6-16-5-8(12)10(14)15/h7-8H,2-6,11H2,1H3,(H,14,15)/t7?,8-/m0/s1. The summed E-state index contributed by atoms with van der Waals surface area (Å²) < 4.78 is 0. The van der Waals surface area contributed by atoms with Crippen LogP contribution in [0.5, 0.6) is 0 Å². The van der Waals surface area contributed by atoms with Gasteiger partial charge in [-0.2, -0.15) is 0 Å². The number of nitrogens with two attached hydrogens (primary N) is 1. The van der Waals surface area contributed by atoms with E-state index in [9.17, 15) is 9.59 Å². The van der Waals surface area contributed by atoms with Gasteiger partial charge >= 0.3 is 5.97 Å². The van der Waals surface area contributed by atoms with Crippen LogP contribution < -0.4 is 5.73 Å². The minimum Gasteiger partial charge on any atom is -0.480 e. The molecule has 0 aromatic carbocycles. The van der Waals surface area contributed by atoms with Crippen molar-refractivity contribution in [2.75, 3.05) is 18.2 Å². The second-order valence-corrected chi connectivity index (χ2v) is 4.93. The van der Waals surface area contributed by atoms with Crippen LogP contribution in [-0.2, 0) is 9.59 Å². The minimum atomic E-state index is -0.917. The molecule has 6 heteroatoms. The van der Waals surface area contributed by atoms with Crippen LogP contribution in [-0.4, -0.2) is 46.1 Å². The van der Waals surface area contributed by atoms with Crippen LogP contribution in [0, 0.1) is 5.92 Å². The van der Waals surface area contributed by atoms with Crippen molar-refractivity contribution in [2.45, 2.75) is 25.8 Å². The molecule has 1 aliphatic rings. The van der Waals surface area contributed by atoms with E-state index < -0.39 is 12.0 Å². The zero-order chi connectivity index (χ0) is 12.1. The Morgan fingerprint density at radius 3 is 2.81 bits per heavy atom. The first-order valence-electron chi connectivity index (χ1n) is 5.40. The summed E-state index contributed by atoms with van der Waals surface area (Å²) in [6.07, 6.45) is 1.21. The fraction of sp³-hybridized carbons (Fsp3) is 0.800. The monoisotopic (exact) mass is 246 g/mol. The highest BCUT2D eigenvalue weighted by Gasteiger charge is 2.34. The third-order valence-electron chi connectivity index (χ3n) is 2.86. The summed E-state index contributed by atoms with van der Waals surface area (Å²) in [7, 11) is 0. The van der Waals surface area contributed by atoms with Gasteiger partial charge in [0.25, 0.3) is 0 Å². The lowest BCUT2D eigenvalue weighted by Crippen LogP contribution is -2.42. The summed E-state index contributed by atoms with van der Waals surface area (Å²) in [5, 5.41) is 8.95. The second-order valence-electron chi connectivity index (χ2n) is 3.93. The van der Waals surface area contributed by atoms with Crippen molar-refractivity contribution < 1.29 is 14.7 Å². The molecule has 1 fully saturated rings. The normalized spacial score (nSPS) is 22.1. The Morgan fingerprint density at radius 1 is 1.62 bits per heavy atom. The van der Waals surface area contributed by atoms with Gasteiger partial charge in [0.1, 0.15) is 6.04 Å². The molecule has 1 unspecified atom stereocenters. The van der Waals surface area contributed by atoms with Gasteiger partial charge in [0.2, 0.25) is 5.91 Å². The van der Waals surface area contributed by atoms with Crippen LogP contribution >= 0.6 is 11.8 Å². The minimum absolute atomic E-state index is 0.0882. The van der Waals surface area contributed by atoms with Gasteiger partial charge in [-0.25, -0.2) is 4.79 Å². The van der Waals surface area contributed by atoms with Crippen LogP contribution in [0.4, 0.5) is 0 Å². The Balaban J connectivity index is 2.56. The summed E-state index contributed by atoms with van der Waals surface area (Å²) in [6.45, 7) is 2.46. The number of carboxylic acids is 1. The van der Waals surface area contributed by atoms with Crippen LogP contribution in [0.1, 0.15) is 19.8 Å². The number of thioether (sulfide) groups is 1. The molecule has 2 atom stereocenters. The maximum Gasteiger partial charge on any atom is 0.327 e. The molecule has 5 nitrogen and oxygen atoms in total. The topological polar surface area (TPSA) is 83.6 Å². The predicted octanol–water partition coefficient (Wildman–Crippen LogP) is 0.347. The number of carbonyl (C=O) groups is 2. The third-order valence-corrected chi connectivity index (χ3v) is 3.87. The van der Waals surface area contributed by atoms with Crippen LogP contribution in [0.2, 0.25) is 0 Å². The maximum atomic E-state index is 11.9. The molecule has 0 aliphatic carbocycles. The van der Waals surface area contributed by atoms with Crippen molar-refractivity contribution in [3.63, 3.8) is 0 Å². The molecule has 0 radical (unpaired) electrons. The molecule has 1 saturated heterocycles. The molecule has 1 rings (SSSR count). The molecule has 1 heterocycles. The van der Waals surface area contributed by atoms with Crippen LogP contribution in [0.25, 0.3) is 0 Å². The van der Waals surface area contributed by atoms with E-state index >= 15 is 0 Å². The Labute approximate surface area is 99.4 Å². The lowest BCUT2D eigenvalue weighted by molar-refractivity contribution is -0.148. The smallest absolute Gasteiger partial charge is 0.327 e. The van der Waals surface area contributed by atoms with E-state index in [1.807, 2.05) is 6.92 Å². The van der Waals surface area contributed by atoms with E-state index in [0.717, 1.165) is 6.42 Å². The average Bonchev–Trinajstić information content (AvgIpc) is 2.74. The molecule has 0 saturated carbocycles. The molecular formula is C10H18N2O3S. The molecule has 0 bridgehead atoms. The van der Waals surface area contributed by atoms with E-state index in [2.05, 4.69) is 0 Å². The van der Waals surface area contributed by atoms with E-state index in [-0.39, 0.29) is 11.8 Å². The zero-order valence-electron chi connectivity index (χ0n) is 9.39. The van der Waals surface area contributed by atoms with Crippen molar-refractivity contribution in [3.05, 3.63) is 0 Å². The summed E-state index contributed by atoms with van der Waals surface area (Å²) in [6, 6.07) is -0.659. The van der Waals surface area contributed by atoms with E-state index in [1.165, 1.54) is 16.7 Å². The van der Waals surface area contributed by atoms with Crippen molar-refractivity contribution in [2.24, 2.45) is 11.7 Å². The van der Waals surface area contributed by atoms with Gasteiger partial charge in [0.15, 0.2) is 0 Å². The number of rotatable bonds is 5. The summed E-state index contributed by atoms with van der Waals surface area (Å²) in [5.74, 6) is 0.124. The molecule has 0 spiro atoms. The maximum absolute atomic E-state index is 11.9. The number of nitrogens with zero attached hydrogens (tertiary/aromatic N) is 1. The van der Waals surface area contributed by atoms with Gasteiger partial charge in [0.05, 0.1) is 5.88 Å². The van der Waals surface area contributed by atoms with Crippen molar-refractivity contribution in [1.82, 2.24) is 4.90 Å². The quantitative estimate of drug-likeness (QED) is 0.731. The molecule has 3 N–H and O–H groups in total. The Kier molecular flexibility index (Phi) is 5.08. The Bertz CT molecular complexity index is 269. The van der Waals surface area contributed by atoms with Crippen molar-refractivity contribution in [1.29, 1.82) is 0 Å². The van der Waals surface area contributed by atoms with Crippen molar-refractivity contribution in [3.8, 4) is 0 Å². The first-order valence-corrected chi connectivity index (χ1v) is 6.55. The predicted molar refractivity (Wildman–Crippen MR) is 63.0 cm³/mol. The van der Waals surface area contributed by atoms with E-state index in [1.54, 1.807) is 0 Å². The summed E-state index contributed by atoms with van der Waals surface area (Å²) in [5.41, 5.74) is 5.53. The van der Waals surface area contributed by atoms with Gasteiger partial charge in [-0.1, -0.05) is 13.3 Å². The second kappa shape index (κ2) is 6.10. The largest absolute Gasteiger partial charge is 0.480 e. The fourth-order valence-corrected chi connectivity index (χ4v) is 2.82. The van der Waals surface area contributed by atoms with Gasteiger partial charge in [-0.05, 0) is 12.5 Å². The molecule has 0 aromatic rings. The number of hydrogen-bond acceptors (Lipinski definition) is 4. The van der Waals surface area contributed by atoms with Crippen molar-refractivity contribution >= 4 is 23.6 Å². The number of amides is 1. The molecule has 0 aromatic heterocycles. The Morgan fingerprint density at radius 2 is 2.31 bits per heavy atom. The van der Waals surface area contributed by atoms with Crippen LogP contribution in [0.3, 0.4) is 0 Å². The SMILES string of the molecule is CCC(CN)CC(=O)N1CSC[C@H]1C(=O)O. The highest BCUT2D eigenvalue weighted by molar-refractivity contribution is 7.99. The number of hydrogen-bond donors (Lipinski definition) is 2. The highest BCUT2D eigenvalue weighted by atomic mass is 32.2. The lowest BCUT2D eigenvalue weighted by atomic mass is 10.0. The van der Waals surface area contributed by atoms with E-state index in [4.69, 9.17) is 10.8 Å². The molecule has 1 amide bonds. The summed E-state index contributed by atoms with van der Waals surface area (Å²) in [4.78, 5) is 24.2. The molecular weight excluding hydrogens is 228 g/mol. The number of aliphatic carboxylic acids is 1. The third kappa shape index (κ3) is 3.12. The first kappa shape index (κ1) is 13.3. The molecule has 1 aliphatic heterocycles. The van der Waals surface area contributed by atoms with Crippen LogP contribution in [0.15, 0.2) is 0 Å². The average molecular weight is 246 g/mol. The lowest BCUT2D eigenvalue weighted by Gasteiger charge is -2.22. The highest BCUT2D eigenvalue weighted by Crippen LogP contribution is 2.23. The number of carboxylic acid groups (broad SMARTS) is 1. The Hall–Kier alpha value is -0.750.